The zero-order valence-corrected chi connectivity index (χ0v) is 20.6. The summed E-state index contributed by atoms with van der Waals surface area (Å²) in [6.07, 6.45) is 3.47. The Labute approximate surface area is 203 Å². The Hall–Kier alpha value is -3.50. The minimum atomic E-state index is -4.09. The normalized spacial score (nSPS) is 11.3. The van der Waals surface area contributed by atoms with E-state index in [2.05, 4.69) is 10.5 Å². The Balaban J connectivity index is 1.88. The van der Waals surface area contributed by atoms with Crippen LogP contribution in [0, 0.1) is 0 Å². The number of ether oxygens (including phenoxy) is 2. The Kier molecular flexibility index (Phi) is 8.55. The smallest absolute Gasteiger partial charge is 0.264 e. The molecule has 0 aliphatic rings. The average Bonchev–Trinajstić information content (AvgIpc) is 2.87. The van der Waals surface area contributed by atoms with Gasteiger partial charge in [-0.05, 0) is 48.2 Å². The van der Waals surface area contributed by atoms with Gasteiger partial charge in [-0.2, -0.15) is 5.10 Å². The zero-order valence-electron chi connectivity index (χ0n) is 19.0. The molecule has 3 aromatic rings. The minimum absolute atomic E-state index is 0.0399. The first-order valence-corrected chi connectivity index (χ1v) is 12.8. The summed E-state index contributed by atoms with van der Waals surface area (Å²) >= 11 is 1.62. The van der Waals surface area contributed by atoms with Gasteiger partial charge in [0, 0.05) is 11.0 Å². The summed E-state index contributed by atoms with van der Waals surface area (Å²) in [4.78, 5) is 13.9. The van der Waals surface area contributed by atoms with Crippen LogP contribution in [0.1, 0.15) is 5.56 Å². The first kappa shape index (κ1) is 25.1. The molecule has 0 radical (unpaired) electrons. The molecule has 0 aliphatic heterocycles. The molecule has 10 heteroatoms. The van der Waals surface area contributed by atoms with Crippen LogP contribution < -0.4 is 19.2 Å². The van der Waals surface area contributed by atoms with Gasteiger partial charge < -0.3 is 9.47 Å². The second-order valence-electron chi connectivity index (χ2n) is 6.93. The van der Waals surface area contributed by atoms with Gasteiger partial charge in [0.05, 0.1) is 31.0 Å². The molecule has 0 spiro atoms. The predicted molar refractivity (Wildman–Crippen MR) is 134 cm³/mol. The topological polar surface area (TPSA) is 97.3 Å². The molecule has 3 aromatic carbocycles. The third kappa shape index (κ3) is 6.09. The number of nitrogens with one attached hydrogen (secondary N) is 1. The molecule has 0 unspecified atom stereocenters. The number of benzene rings is 3. The van der Waals surface area contributed by atoms with Crippen molar-refractivity contribution in [1.82, 2.24) is 5.43 Å². The number of nitrogens with zero attached hydrogens (tertiary/aromatic N) is 2. The number of hydrazone groups is 1. The Morgan fingerprint density at radius 2 is 1.74 bits per heavy atom. The van der Waals surface area contributed by atoms with Gasteiger partial charge in [-0.15, -0.1) is 11.8 Å². The van der Waals surface area contributed by atoms with Crippen molar-refractivity contribution in [3.8, 4) is 11.5 Å². The predicted octanol–water partition coefficient (Wildman–Crippen LogP) is 3.77. The van der Waals surface area contributed by atoms with Gasteiger partial charge in [-0.1, -0.05) is 30.3 Å². The summed E-state index contributed by atoms with van der Waals surface area (Å²) in [5.41, 5.74) is 3.39. The molecule has 0 fully saturated rings. The second kappa shape index (κ2) is 11.6. The number of hydrogen-bond donors (Lipinski definition) is 1. The van der Waals surface area contributed by atoms with Crippen LogP contribution in [0.2, 0.25) is 0 Å². The quantitative estimate of drug-likeness (QED) is 0.259. The van der Waals surface area contributed by atoms with Crippen LogP contribution in [-0.2, 0) is 14.8 Å². The number of sulfonamides is 1. The summed E-state index contributed by atoms with van der Waals surface area (Å²) in [5, 5.41) is 3.96. The lowest BCUT2D eigenvalue weighted by molar-refractivity contribution is -0.119. The van der Waals surface area contributed by atoms with Crippen LogP contribution in [0.15, 0.2) is 87.7 Å². The van der Waals surface area contributed by atoms with Crippen molar-refractivity contribution in [3.63, 3.8) is 0 Å². The molecular formula is C24H25N3O5S2. The number of methoxy groups -OCH3 is 2. The van der Waals surface area contributed by atoms with E-state index < -0.39 is 22.5 Å². The summed E-state index contributed by atoms with van der Waals surface area (Å²) in [5.74, 6) is 0.109. The van der Waals surface area contributed by atoms with Gasteiger partial charge in [-0.25, -0.2) is 13.8 Å². The number of thioether (sulfide) groups is 1. The fourth-order valence-corrected chi connectivity index (χ4v) is 4.91. The molecule has 0 aliphatic carbocycles. The zero-order chi connectivity index (χ0) is 24.6. The standard InChI is InChI=1S/C24H25N3O5S2/c1-31-19-11-14-22(23(15-19)32-2)27(34(29,30)21-7-5-4-6-8-21)17-24(28)26-25-16-18-9-12-20(33-3)13-10-18/h4-16H,17H2,1-3H3,(H,26,28)/b25-16+. The lowest BCUT2D eigenvalue weighted by atomic mass is 10.2. The maximum atomic E-state index is 13.5. The third-order valence-electron chi connectivity index (χ3n) is 4.79. The molecule has 34 heavy (non-hydrogen) atoms. The molecule has 3 rings (SSSR count). The largest absolute Gasteiger partial charge is 0.497 e. The highest BCUT2D eigenvalue weighted by Crippen LogP contribution is 2.35. The van der Waals surface area contributed by atoms with Crippen LogP contribution in [0.25, 0.3) is 0 Å². The number of rotatable bonds is 10. The fourth-order valence-electron chi connectivity index (χ4n) is 3.04. The van der Waals surface area contributed by atoms with Crippen molar-refractivity contribution in [3.05, 3.63) is 78.4 Å². The number of anilines is 1. The molecule has 178 valence electrons. The SMILES string of the molecule is COc1ccc(N(CC(=O)N/N=C/c2ccc(SC)cc2)S(=O)(=O)c2ccccc2)c(OC)c1. The maximum absolute atomic E-state index is 13.5. The molecule has 8 nitrogen and oxygen atoms in total. The first-order valence-electron chi connectivity index (χ1n) is 10.1. The van der Waals surface area contributed by atoms with E-state index in [0.717, 1.165) is 14.8 Å². The number of carbonyl (C=O) groups is 1. The summed E-state index contributed by atoms with van der Waals surface area (Å²) in [7, 11) is -1.18. The summed E-state index contributed by atoms with van der Waals surface area (Å²) < 4.78 is 38.5. The second-order valence-corrected chi connectivity index (χ2v) is 9.67. The summed E-state index contributed by atoms with van der Waals surface area (Å²) in [6.45, 7) is -0.511. The van der Waals surface area contributed by atoms with Crippen LogP contribution in [0.3, 0.4) is 0 Å². The molecule has 0 bridgehead atoms. The number of hydrogen-bond acceptors (Lipinski definition) is 7. The lowest BCUT2D eigenvalue weighted by Crippen LogP contribution is -2.39. The van der Waals surface area contributed by atoms with Crippen LogP contribution in [-0.4, -0.2) is 47.6 Å². The van der Waals surface area contributed by atoms with Crippen LogP contribution >= 0.6 is 11.8 Å². The third-order valence-corrected chi connectivity index (χ3v) is 7.31. The highest BCUT2D eigenvalue weighted by atomic mass is 32.2. The molecule has 0 saturated carbocycles. The monoisotopic (exact) mass is 499 g/mol. The van der Waals surface area contributed by atoms with Crippen LogP contribution in [0.5, 0.6) is 11.5 Å². The average molecular weight is 500 g/mol. The Morgan fingerprint density at radius 3 is 2.35 bits per heavy atom. The van der Waals surface area contributed by atoms with Gasteiger partial charge in [-0.3, -0.25) is 9.10 Å². The van der Waals surface area contributed by atoms with E-state index in [0.29, 0.717) is 5.75 Å². The molecule has 1 N–H and O–H groups in total. The van der Waals surface area contributed by atoms with E-state index in [9.17, 15) is 13.2 Å². The van der Waals surface area contributed by atoms with E-state index in [-0.39, 0.29) is 16.3 Å². The number of carbonyl (C=O) groups excluding carboxylic acids is 1. The van der Waals surface area contributed by atoms with E-state index >= 15 is 0 Å². The molecule has 0 aromatic heterocycles. The maximum Gasteiger partial charge on any atom is 0.264 e. The fraction of sp³-hybridized carbons (Fsp3) is 0.167. The van der Waals surface area contributed by atoms with Gasteiger partial charge in [0.25, 0.3) is 15.9 Å². The van der Waals surface area contributed by atoms with Gasteiger partial charge in [0.1, 0.15) is 18.0 Å². The van der Waals surface area contributed by atoms with Crippen molar-refractivity contribution >= 4 is 39.6 Å². The van der Waals surface area contributed by atoms with Crippen molar-refractivity contribution in [2.24, 2.45) is 5.10 Å². The lowest BCUT2D eigenvalue weighted by Gasteiger charge is -2.25. The van der Waals surface area contributed by atoms with Crippen molar-refractivity contribution in [1.29, 1.82) is 0 Å². The Morgan fingerprint density at radius 1 is 1.03 bits per heavy atom. The Bertz CT molecular complexity index is 1250. The van der Waals surface area contributed by atoms with E-state index in [1.807, 2.05) is 30.5 Å². The van der Waals surface area contributed by atoms with Crippen molar-refractivity contribution in [2.75, 3.05) is 31.3 Å². The molecule has 0 atom stereocenters. The van der Waals surface area contributed by atoms with Gasteiger partial charge in [0.2, 0.25) is 0 Å². The number of amides is 1. The van der Waals surface area contributed by atoms with Gasteiger partial charge in [0.15, 0.2) is 0 Å². The van der Waals surface area contributed by atoms with Gasteiger partial charge >= 0.3 is 0 Å². The van der Waals surface area contributed by atoms with Crippen LogP contribution in [0.4, 0.5) is 5.69 Å². The van der Waals surface area contributed by atoms with E-state index in [1.54, 1.807) is 42.1 Å². The highest BCUT2D eigenvalue weighted by molar-refractivity contribution is 7.98. The summed E-state index contributed by atoms with van der Waals surface area (Å²) in [6, 6.07) is 20.2. The minimum Gasteiger partial charge on any atom is -0.497 e. The van der Waals surface area contributed by atoms with E-state index in [4.69, 9.17) is 9.47 Å². The van der Waals surface area contributed by atoms with Crippen molar-refractivity contribution < 1.29 is 22.7 Å². The highest BCUT2D eigenvalue weighted by Gasteiger charge is 2.29. The first-order chi connectivity index (χ1) is 16.4. The molecule has 0 saturated heterocycles. The molecular weight excluding hydrogens is 474 g/mol. The van der Waals surface area contributed by atoms with E-state index in [1.165, 1.54) is 38.6 Å². The van der Waals surface area contributed by atoms with Crippen molar-refractivity contribution in [2.45, 2.75) is 9.79 Å². The molecule has 0 heterocycles. The molecule has 1 amide bonds.